The summed E-state index contributed by atoms with van der Waals surface area (Å²) in [5, 5.41) is 3.71. The lowest BCUT2D eigenvalue weighted by molar-refractivity contribution is -0.138. The molecule has 4 rings (SSSR count). The van der Waals surface area contributed by atoms with Crippen molar-refractivity contribution in [3.8, 4) is 0 Å². The fourth-order valence-corrected chi connectivity index (χ4v) is 5.00. The van der Waals surface area contributed by atoms with Gasteiger partial charge < -0.3 is 14.7 Å². The SMILES string of the molecule is CC(C)CN1CCCN(C(=O)Cn2cc(C(F)(F)F)cn2)Cc2cc(F)ccc2N(C(=O)c2cccnc2)CCC1. The largest absolute Gasteiger partial charge is 0.419 e. The van der Waals surface area contributed by atoms with Crippen molar-refractivity contribution in [3.63, 3.8) is 0 Å². The molecule has 1 aliphatic rings. The van der Waals surface area contributed by atoms with Crippen molar-refractivity contribution in [2.45, 2.75) is 46.0 Å². The number of hydrogen-bond acceptors (Lipinski definition) is 5. The van der Waals surface area contributed by atoms with Crippen LogP contribution in [0.25, 0.3) is 0 Å². The Balaban J connectivity index is 1.68. The summed E-state index contributed by atoms with van der Waals surface area (Å²) < 4.78 is 54.7. The summed E-state index contributed by atoms with van der Waals surface area (Å²) in [6, 6.07) is 7.43. The van der Waals surface area contributed by atoms with Crippen molar-refractivity contribution in [1.29, 1.82) is 0 Å². The fraction of sp³-hybridized carbons (Fsp3) is 0.448. The number of anilines is 1. The van der Waals surface area contributed by atoms with Crippen LogP contribution in [0.2, 0.25) is 0 Å². The molecule has 1 aromatic carbocycles. The molecule has 0 N–H and O–H groups in total. The maximum Gasteiger partial charge on any atom is 0.419 e. The van der Waals surface area contributed by atoms with E-state index in [4.69, 9.17) is 0 Å². The quantitative estimate of drug-likeness (QED) is 0.407. The van der Waals surface area contributed by atoms with Gasteiger partial charge in [0.25, 0.3) is 5.91 Å². The van der Waals surface area contributed by atoms with Crippen molar-refractivity contribution < 1.29 is 27.2 Å². The van der Waals surface area contributed by atoms with Gasteiger partial charge in [0.1, 0.15) is 12.4 Å². The molecular weight excluding hydrogens is 540 g/mol. The first-order chi connectivity index (χ1) is 19.5. The first-order valence-corrected chi connectivity index (χ1v) is 13.6. The molecule has 2 amide bonds. The lowest BCUT2D eigenvalue weighted by Gasteiger charge is -2.32. The van der Waals surface area contributed by atoms with Crippen LogP contribution in [0, 0.1) is 11.7 Å². The number of fused-ring (bicyclic) bond motifs is 1. The Morgan fingerprint density at radius 1 is 1.02 bits per heavy atom. The van der Waals surface area contributed by atoms with E-state index in [1.165, 1.54) is 29.3 Å². The number of hydrogen-bond donors (Lipinski definition) is 0. The molecule has 0 atom stereocenters. The van der Waals surface area contributed by atoms with Crippen LogP contribution in [-0.2, 0) is 24.1 Å². The van der Waals surface area contributed by atoms with Crippen LogP contribution in [0.4, 0.5) is 23.2 Å². The van der Waals surface area contributed by atoms with Crippen LogP contribution in [0.3, 0.4) is 0 Å². The summed E-state index contributed by atoms with van der Waals surface area (Å²) in [4.78, 5) is 36.5. The van der Waals surface area contributed by atoms with Gasteiger partial charge in [0.2, 0.25) is 5.91 Å². The second kappa shape index (κ2) is 13.2. The average molecular weight is 575 g/mol. The number of halogens is 4. The van der Waals surface area contributed by atoms with Crippen LogP contribution in [0.1, 0.15) is 48.2 Å². The molecule has 1 aliphatic heterocycles. The molecule has 2 aromatic heterocycles. The van der Waals surface area contributed by atoms with Crippen LogP contribution in [0.5, 0.6) is 0 Å². The first kappa shape index (κ1) is 30.2. The number of aromatic nitrogens is 3. The van der Waals surface area contributed by atoms with E-state index < -0.39 is 30.0 Å². The zero-order valence-electron chi connectivity index (χ0n) is 23.1. The van der Waals surface area contributed by atoms with Crippen LogP contribution < -0.4 is 4.90 Å². The second-order valence-electron chi connectivity index (χ2n) is 10.6. The van der Waals surface area contributed by atoms with E-state index in [9.17, 15) is 27.2 Å². The molecule has 0 fully saturated rings. The Kier molecular flexibility index (Phi) is 9.74. The monoisotopic (exact) mass is 574 g/mol. The highest BCUT2D eigenvalue weighted by Gasteiger charge is 2.32. The molecule has 12 heteroatoms. The number of pyridine rings is 1. The smallest absolute Gasteiger partial charge is 0.337 e. The van der Waals surface area contributed by atoms with E-state index in [1.54, 1.807) is 23.2 Å². The third-order valence-electron chi connectivity index (χ3n) is 6.84. The highest BCUT2D eigenvalue weighted by Crippen LogP contribution is 2.29. The van der Waals surface area contributed by atoms with Gasteiger partial charge in [-0.3, -0.25) is 19.3 Å². The molecule has 41 heavy (non-hydrogen) atoms. The first-order valence-electron chi connectivity index (χ1n) is 13.6. The van der Waals surface area contributed by atoms with Crippen molar-refractivity contribution >= 4 is 17.5 Å². The number of nitrogens with zero attached hydrogens (tertiary/aromatic N) is 6. The van der Waals surface area contributed by atoms with Crippen molar-refractivity contribution in [2.75, 3.05) is 37.6 Å². The summed E-state index contributed by atoms with van der Waals surface area (Å²) >= 11 is 0. The minimum absolute atomic E-state index is 0.0275. The Labute approximate surface area is 236 Å². The predicted molar refractivity (Wildman–Crippen MR) is 145 cm³/mol. The number of carbonyl (C=O) groups is 2. The molecule has 0 unspecified atom stereocenters. The third kappa shape index (κ3) is 8.12. The molecule has 0 radical (unpaired) electrons. The van der Waals surface area contributed by atoms with Gasteiger partial charge in [0.15, 0.2) is 0 Å². The zero-order chi connectivity index (χ0) is 29.6. The maximum atomic E-state index is 14.5. The number of alkyl halides is 3. The van der Waals surface area contributed by atoms with Crippen molar-refractivity contribution in [3.05, 3.63) is 77.6 Å². The third-order valence-corrected chi connectivity index (χ3v) is 6.84. The topological polar surface area (TPSA) is 74.6 Å². The van der Waals surface area contributed by atoms with E-state index in [2.05, 4.69) is 28.8 Å². The number of rotatable bonds is 5. The Morgan fingerprint density at radius 3 is 2.44 bits per heavy atom. The van der Waals surface area contributed by atoms with Gasteiger partial charge in [0.05, 0.1) is 17.3 Å². The lowest BCUT2D eigenvalue weighted by Crippen LogP contribution is -2.40. The van der Waals surface area contributed by atoms with Gasteiger partial charge in [-0.1, -0.05) is 13.8 Å². The highest BCUT2D eigenvalue weighted by molar-refractivity contribution is 6.06. The minimum Gasteiger partial charge on any atom is -0.337 e. The zero-order valence-corrected chi connectivity index (χ0v) is 23.1. The summed E-state index contributed by atoms with van der Waals surface area (Å²) in [5.74, 6) is -0.885. The predicted octanol–water partition coefficient (Wildman–Crippen LogP) is 4.86. The standard InChI is InChI=1S/C29H34F4N6O2/c1-21(2)17-36-10-4-12-37(27(40)20-38-19-24(16-35-38)29(31,32)33)18-23-14-25(30)7-8-26(23)39(13-5-11-36)28(41)22-6-3-9-34-15-22/h3,6-9,14-16,19,21H,4-5,10-13,17-18,20H2,1-2H3. The number of benzene rings is 1. The molecule has 0 spiro atoms. The highest BCUT2D eigenvalue weighted by atomic mass is 19.4. The van der Waals surface area contributed by atoms with E-state index in [1.807, 2.05) is 0 Å². The molecule has 220 valence electrons. The van der Waals surface area contributed by atoms with Gasteiger partial charge in [-0.25, -0.2) is 4.39 Å². The Hall–Kier alpha value is -3.80. The Morgan fingerprint density at radius 2 is 1.78 bits per heavy atom. The van der Waals surface area contributed by atoms with Gasteiger partial charge in [-0.05, 0) is 67.7 Å². The van der Waals surface area contributed by atoms with Crippen molar-refractivity contribution in [1.82, 2.24) is 24.6 Å². The molecular formula is C29H34F4N6O2. The van der Waals surface area contributed by atoms with Crippen molar-refractivity contribution in [2.24, 2.45) is 5.92 Å². The maximum absolute atomic E-state index is 14.5. The summed E-state index contributed by atoms with van der Waals surface area (Å²) in [6.45, 7) is 6.70. The molecule has 3 aromatic rings. The van der Waals surface area contributed by atoms with Gasteiger partial charge in [-0.2, -0.15) is 18.3 Å². The second-order valence-corrected chi connectivity index (χ2v) is 10.6. The molecule has 0 saturated carbocycles. The molecule has 3 heterocycles. The lowest BCUT2D eigenvalue weighted by atomic mass is 10.1. The summed E-state index contributed by atoms with van der Waals surface area (Å²) in [7, 11) is 0. The van der Waals surface area contributed by atoms with E-state index in [0.29, 0.717) is 67.9 Å². The van der Waals surface area contributed by atoms with E-state index in [0.717, 1.165) is 17.4 Å². The Bertz CT molecular complexity index is 1330. The van der Waals surface area contributed by atoms with E-state index >= 15 is 0 Å². The summed E-state index contributed by atoms with van der Waals surface area (Å²) in [6.07, 6.45) is 1.24. The molecule has 0 aliphatic carbocycles. The summed E-state index contributed by atoms with van der Waals surface area (Å²) in [5.41, 5.74) is 0.320. The van der Waals surface area contributed by atoms with Crippen LogP contribution in [-0.4, -0.2) is 69.1 Å². The van der Waals surface area contributed by atoms with Crippen LogP contribution >= 0.6 is 0 Å². The number of carbonyl (C=O) groups excluding carboxylic acids is 2. The van der Waals surface area contributed by atoms with Gasteiger partial charge in [-0.15, -0.1) is 0 Å². The number of amides is 2. The van der Waals surface area contributed by atoms with Gasteiger partial charge >= 0.3 is 6.18 Å². The molecule has 0 saturated heterocycles. The van der Waals surface area contributed by atoms with E-state index in [-0.39, 0.29) is 12.5 Å². The fourth-order valence-electron chi connectivity index (χ4n) is 5.00. The molecule has 0 bridgehead atoms. The molecule has 8 nitrogen and oxygen atoms in total. The average Bonchev–Trinajstić information content (AvgIpc) is 3.39. The van der Waals surface area contributed by atoms with Gasteiger partial charge in [0, 0.05) is 50.5 Å². The van der Waals surface area contributed by atoms with Crippen LogP contribution in [0.15, 0.2) is 55.1 Å². The minimum atomic E-state index is -4.57. The normalized spacial score (nSPS) is 15.8.